The van der Waals surface area contributed by atoms with Crippen molar-refractivity contribution in [1.29, 1.82) is 0 Å². The number of hydrogen-bond acceptors (Lipinski definition) is 4. The number of para-hydroxylation sites is 1. The van der Waals surface area contributed by atoms with Crippen LogP contribution in [0, 0.1) is 0 Å². The Balaban J connectivity index is 1.66. The average Bonchev–Trinajstić information content (AvgIpc) is 2.90. The summed E-state index contributed by atoms with van der Waals surface area (Å²) in [5.74, 6) is -0.0493. The molecule has 0 atom stereocenters. The minimum atomic E-state index is -0.0493. The molecule has 0 bridgehead atoms. The molecule has 0 unspecified atom stereocenters. The minimum Gasteiger partial charge on any atom is -0.288 e. The first-order valence-electron chi connectivity index (χ1n) is 7.85. The van der Waals surface area contributed by atoms with Crippen molar-refractivity contribution in [1.82, 2.24) is 9.88 Å². The van der Waals surface area contributed by atoms with Crippen LogP contribution in [-0.2, 0) is 11.3 Å². The number of thioether (sulfide) groups is 1. The second-order valence-corrected chi connectivity index (χ2v) is 7.35. The van der Waals surface area contributed by atoms with Gasteiger partial charge in [-0.3, -0.25) is 14.7 Å². The number of thiocarbonyl (C=S) groups is 1. The molecule has 2 aromatic carbocycles. The van der Waals surface area contributed by atoms with E-state index in [4.69, 9.17) is 12.2 Å². The zero-order valence-corrected chi connectivity index (χ0v) is 14.9. The van der Waals surface area contributed by atoms with E-state index in [9.17, 15) is 4.79 Å². The molecule has 122 valence electrons. The SMILES string of the molecule is O=C1C(=Cc2cccc3cccnc23)SC(=S)N1Cc1ccccc1. The van der Waals surface area contributed by atoms with Gasteiger partial charge in [0.15, 0.2) is 0 Å². The molecule has 25 heavy (non-hydrogen) atoms. The highest BCUT2D eigenvalue weighted by Gasteiger charge is 2.32. The minimum absolute atomic E-state index is 0.0493. The third kappa shape index (κ3) is 3.21. The molecule has 1 aliphatic heterocycles. The Morgan fingerprint density at radius 2 is 1.84 bits per heavy atom. The molecule has 1 fully saturated rings. The number of carbonyl (C=O) groups is 1. The molecule has 0 saturated carbocycles. The second-order valence-electron chi connectivity index (χ2n) is 5.68. The molecular formula is C20H14N2OS2. The van der Waals surface area contributed by atoms with Gasteiger partial charge >= 0.3 is 0 Å². The fourth-order valence-electron chi connectivity index (χ4n) is 2.79. The first kappa shape index (κ1) is 16.0. The lowest BCUT2D eigenvalue weighted by molar-refractivity contribution is -0.122. The van der Waals surface area contributed by atoms with Gasteiger partial charge in [0.1, 0.15) is 4.32 Å². The summed E-state index contributed by atoms with van der Waals surface area (Å²) in [4.78, 5) is 19.5. The average molecular weight is 362 g/mol. The summed E-state index contributed by atoms with van der Waals surface area (Å²) in [6, 6.07) is 19.8. The zero-order chi connectivity index (χ0) is 17.2. The molecule has 3 nitrogen and oxygen atoms in total. The van der Waals surface area contributed by atoms with Crippen LogP contribution < -0.4 is 0 Å². The lowest BCUT2D eigenvalue weighted by Gasteiger charge is -2.14. The fourth-order valence-corrected chi connectivity index (χ4v) is 4.03. The van der Waals surface area contributed by atoms with Crippen molar-refractivity contribution < 1.29 is 4.79 Å². The Morgan fingerprint density at radius 3 is 2.68 bits per heavy atom. The first-order chi connectivity index (χ1) is 12.2. The quantitative estimate of drug-likeness (QED) is 0.502. The first-order valence-corrected chi connectivity index (χ1v) is 9.08. The number of fused-ring (bicyclic) bond motifs is 1. The zero-order valence-electron chi connectivity index (χ0n) is 13.3. The maximum atomic E-state index is 12.8. The van der Waals surface area contributed by atoms with Gasteiger partial charge in [-0.1, -0.05) is 78.6 Å². The summed E-state index contributed by atoms with van der Waals surface area (Å²) in [5.41, 5.74) is 2.88. The van der Waals surface area contributed by atoms with E-state index >= 15 is 0 Å². The number of aromatic nitrogens is 1. The number of hydrogen-bond donors (Lipinski definition) is 0. The van der Waals surface area contributed by atoms with Gasteiger partial charge < -0.3 is 0 Å². The van der Waals surface area contributed by atoms with E-state index in [0.29, 0.717) is 15.8 Å². The van der Waals surface area contributed by atoms with Crippen LogP contribution in [0.1, 0.15) is 11.1 Å². The lowest BCUT2D eigenvalue weighted by atomic mass is 10.1. The third-order valence-electron chi connectivity index (χ3n) is 4.01. The van der Waals surface area contributed by atoms with Crippen molar-refractivity contribution in [2.75, 3.05) is 0 Å². The maximum absolute atomic E-state index is 12.8. The van der Waals surface area contributed by atoms with E-state index < -0.39 is 0 Å². The van der Waals surface area contributed by atoms with Gasteiger partial charge in [0.05, 0.1) is 17.0 Å². The van der Waals surface area contributed by atoms with Crippen molar-refractivity contribution in [3.05, 3.63) is 82.9 Å². The van der Waals surface area contributed by atoms with E-state index in [0.717, 1.165) is 22.0 Å². The third-order valence-corrected chi connectivity index (χ3v) is 5.39. The van der Waals surface area contributed by atoms with E-state index in [2.05, 4.69) is 4.98 Å². The molecule has 2 heterocycles. The maximum Gasteiger partial charge on any atom is 0.266 e. The summed E-state index contributed by atoms with van der Waals surface area (Å²) in [5, 5.41) is 1.05. The smallest absolute Gasteiger partial charge is 0.266 e. The topological polar surface area (TPSA) is 33.2 Å². The molecule has 1 amide bonds. The predicted molar refractivity (Wildman–Crippen MR) is 107 cm³/mol. The Labute approximate surface area is 155 Å². The highest BCUT2D eigenvalue weighted by atomic mass is 32.2. The van der Waals surface area contributed by atoms with Crippen molar-refractivity contribution in [2.24, 2.45) is 0 Å². The Morgan fingerprint density at radius 1 is 1.04 bits per heavy atom. The largest absolute Gasteiger partial charge is 0.288 e. The number of amides is 1. The molecule has 0 aliphatic carbocycles. The number of pyridine rings is 1. The number of rotatable bonds is 3. The van der Waals surface area contributed by atoms with Crippen LogP contribution in [0.15, 0.2) is 71.8 Å². The lowest BCUT2D eigenvalue weighted by Crippen LogP contribution is -2.27. The van der Waals surface area contributed by atoms with Crippen LogP contribution in [0.25, 0.3) is 17.0 Å². The summed E-state index contributed by atoms with van der Waals surface area (Å²) >= 11 is 6.76. The molecular weight excluding hydrogens is 348 g/mol. The van der Waals surface area contributed by atoms with E-state index in [1.54, 1.807) is 11.1 Å². The van der Waals surface area contributed by atoms with Crippen molar-refractivity contribution in [2.45, 2.75) is 6.54 Å². The molecule has 0 spiro atoms. The molecule has 4 rings (SSSR count). The Kier molecular flexibility index (Phi) is 4.34. The summed E-state index contributed by atoms with van der Waals surface area (Å²) in [6.45, 7) is 0.497. The molecule has 1 aromatic heterocycles. The van der Waals surface area contributed by atoms with Gasteiger partial charge in [0.25, 0.3) is 5.91 Å². The van der Waals surface area contributed by atoms with Crippen molar-refractivity contribution in [3.63, 3.8) is 0 Å². The summed E-state index contributed by atoms with van der Waals surface area (Å²) in [7, 11) is 0. The van der Waals surface area contributed by atoms with Crippen LogP contribution in [0.3, 0.4) is 0 Å². The van der Waals surface area contributed by atoms with Gasteiger partial charge in [0, 0.05) is 17.1 Å². The highest BCUT2D eigenvalue weighted by molar-refractivity contribution is 8.26. The number of nitrogens with zero attached hydrogens (tertiary/aromatic N) is 2. The monoisotopic (exact) mass is 362 g/mol. The van der Waals surface area contributed by atoms with Crippen LogP contribution >= 0.6 is 24.0 Å². The van der Waals surface area contributed by atoms with Gasteiger partial charge in [-0.05, 0) is 17.7 Å². The van der Waals surface area contributed by atoms with Crippen LogP contribution in [-0.4, -0.2) is 20.1 Å². The van der Waals surface area contributed by atoms with E-state index in [1.807, 2.05) is 66.7 Å². The molecule has 0 N–H and O–H groups in total. The van der Waals surface area contributed by atoms with Crippen molar-refractivity contribution in [3.8, 4) is 0 Å². The Bertz CT molecular complexity index is 994. The normalized spacial score (nSPS) is 16.2. The van der Waals surface area contributed by atoms with Gasteiger partial charge in [-0.15, -0.1) is 0 Å². The highest BCUT2D eigenvalue weighted by Crippen LogP contribution is 2.34. The van der Waals surface area contributed by atoms with E-state index in [-0.39, 0.29) is 5.91 Å². The molecule has 1 saturated heterocycles. The predicted octanol–water partition coefficient (Wildman–Crippen LogP) is 4.64. The van der Waals surface area contributed by atoms with Gasteiger partial charge in [-0.2, -0.15) is 0 Å². The van der Waals surface area contributed by atoms with Crippen LogP contribution in [0.5, 0.6) is 0 Å². The van der Waals surface area contributed by atoms with Crippen molar-refractivity contribution >= 4 is 51.2 Å². The van der Waals surface area contributed by atoms with Crippen LogP contribution in [0.2, 0.25) is 0 Å². The number of benzene rings is 2. The summed E-state index contributed by atoms with van der Waals surface area (Å²) in [6.07, 6.45) is 3.65. The standard InChI is InChI=1S/C20H14N2OS2/c23-19-17(12-16-9-4-8-15-10-5-11-21-18(15)16)25-20(24)22(19)13-14-6-2-1-3-7-14/h1-12H,13H2. The van der Waals surface area contributed by atoms with Gasteiger partial charge in [0.2, 0.25) is 0 Å². The van der Waals surface area contributed by atoms with Crippen LogP contribution in [0.4, 0.5) is 0 Å². The molecule has 3 aromatic rings. The second kappa shape index (κ2) is 6.78. The van der Waals surface area contributed by atoms with E-state index in [1.165, 1.54) is 11.8 Å². The Hall–Kier alpha value is -2.50. The summed E-state index contributed by atoms with van der Waals surface area (Å²) < 4.78 is 0.591. The molecule has 5 heteroatoms. The molecule has 1 aliphatic rings. The number of carbonyl (C=O) groups excluding carboxylic acids is 1. The van der Waals surface area contributed by atoms with Gasteiger partial charge in [-0.25, -0.2) is 0 Å². The molecule has 0 radical (unpaired) electrons. The fraction of sp³-hybridized carbons (Fsp3) is 0.0500.